The Hall–Kier alpha value is -1.33. The molecule has 3 rings (SSSR count). The minimum Gasteiger partial charge on any atom is -0.398 e. The highest BCUT2D eigenvalue weighted by Gasteiger charge is 2.07. The molecule has 3 aromatic rings. The number of anilines is 1. The Labute approximate surface area is 119 Å². The molecule has 0 saturated carbocycles. The third-order valence-electron chi connectivity index (χ3n) is 2.90. The van der Waals surface area contributed by atoms with E-state index in [4.69, 9.17) is 5.73 Å². The van der Waals surface area contributed by atoms with Crippen LogP contribution in [0, 0.1) is 0 Å². The average molecular weight is 368 g/mol. The lowest BCUT2D eigenvalue weighted by atomic mass is 10.1. The lowest BCUT2D eigenvalue weighted by Crippen LogP contribution is -2.06. The third-order valence-corrected chi connectivity index (χ3v) is 4.08. The smallest absolute Gasteiger partial charge is 0.256 e. The zero-order chi connectivity index (χ0) is 12.9. The molecule has 3 nitrogen and oxygen atoms in total. The molecule has 2 aromatic carbocycles. The van der Waals surface area contributed by atoms with Gasteiger partial charge >= 0.3 is 0 Å². The van der Waals surface area contributed by atoms with Crippen LogP contribution in [0.5, 0.6) is 0 Å². The molecular formula is C13H8Br2N2O. The van der Waals surface area contributed by atoms with E-state index in [1.165, 1.54) is 0 Å². The molecule has 0 aliphatic rings. The number of benzene rings is 2. The highest BCUT2D eigenvalue weighted by molar-refractivity contribution is 9.10. The largest absolute Gasteiger partial charge is 0.398 e. The summed E-state index contributed by atoms with van der Waals surface area (Å²) >= 11 is 6.73. The number of nitrogens with two attached hydrogens (primary N) is 1. The molecule has 1 aromatic heterocycles. The monoisotopic (exact) mass is 366 g/mol. The molecule has 18 heavy (non-hydrogen) atoms. The number of pyridine rings is 1. The standard InChI is InChI=1S/C13H8Br2N2O/c14-6-1-2-7-8-4-11(16)10(15)5-12(8)17-13(18)9(7)3-6/h1-5H,16H2,(H,17,18). The molecule has 0 saturated heterocycles. The molecular weight excluding hydrogens is 360 g/mol. The lowest BCUT2D eigenvalue weighted by Gasteiger charge is -2.06. The molecule has 1 heterocycles. The van der Waals surface area contributed by atoms with Gasteiger partial charge in [-0.2, -0.15) is 0 Å². The van der Waals surface area contributed by atoms with Gasteiger partial charge in [0, 0.05) is 25.4 Å². The van der Waals surface area contributed by atoms with Gasteiger partial charge in [0.05, 0.1) is 5.52 Å². The van der Waals surface area contributed by atoms with Gasteiger partial charge in [-0.1, -0.05) is 22.0 Å². The Morgan fingerprint density at radius 3 is 2.56 bits per heavy atom. The van der Waals surface area contributed by atoms with E-state index in [9.17, 15) is 4.79 Å². The summed E-state index contributed by atoms with van der Waals surface area (Å²) in [6.07, 6.45) is 0. The number of H-pyrrole nitrogens is 1. The van der Waals surface area contributed by atoms with Crippen molar-refractivity contribution in [3.63, 3.8) is 0 Å². The summed E-state index contributed by atoms with van der Waals surface area (Å²) in [5.74, 6) is 0. The maximum absolute atomic E-state index is 12.0. The summed E-state index contributed by atoms with van der Waals surface area (Å²) in [4.78, 5) is 14.9. The summed E-state index contributed by atoms with van der Waals surface area (Å²) in [6, 6.07) is 9.34. The fraction of sp³-hybridized carbons (Fsp3) is 0. The van der Waals surface area contributed by atoms with Crippen molar-refractivity contribution < 1.29 is 0 Å². The number of nitrogen functional groups attached to an aromatic ring is 1. The molecule has 0 fully saturated rings. The highest BCUT2D eigenvalue weighted by Crippen LogP contribution is 2.29. The van der Waals surface area contributed by atoms with Crippen LogP contribution in [0.4, 0.5) is 5.69 Å². The number of nitrogens with one attached hydrogen (secondary N) is 1. The summed E-state index contributed by atoms with van der Waals surface area (Å²) in [5, 5.41) is 2.49. The maximum Gasteiger partial charge on any atom is 0.256 e. The van der Waals surface area contributed by atoms with E-state index in [-0.39, 0.29) is 5.56 Å². The Morgan fingerprint density at radius 2 is 1.78 bits per heavy atom. The van der Waals surface area contributed by atoms with Crippen LogP contribution in [0.3, 0.4) is 0 Å². The fourth-order valence-corrected chi connectivity index (χ4v) is 2.75. The number of fused-ring (bicyclic) bond motifs is 3. The highest BCUT2D eigenvalue weighted by atomic mass is 79.9. The molecule has 0 aliphatic heterocycles. The fourth-order valence-electron chi connectivity index (χ4n) is 2.05. The normalized spacial score (nSPS) is 11.2. The molecule has 0 atom stereocenters. The third kappa shape index (κ3) is 1.74. The van der Waals surface area contributed by atoms with Crippen molar-refractivity contribution in [1.82, 2.24) is 4.98 Å². The van der Waals surface area contributed by atoms with Gasteiger partial charge in [-0.05, 0) is 45.6 Å². The van der Waals surface area contributed by atoms with E-state index in [1.807, 2.05) is 30.3 Å². The van der Waals surface area contributed by atoms with E-state index in [0.29, 0.717) is 11.1 Å². The quantitative estimate of drug-likeness (QED) is 0.469. The van der Waals surface area contributed by atoms with Gasteiger partial charge in [-0.3, -0.25) is 4.79 Å². The first kappa shape index (κ1) is 11.7. The number of halogens is 2. The van der Waals surface area contributed by atoms with E-state index in [0.717, 1.165) is 25.2 Å². The van der Waals surface area contributed by atoms with Gasteiger partial charge in [0.2, 0.25) is 0 Å². The second-order valence-corrected chi connectivity index (χ2v) is 5.83. The van der Waals surface area contributed by atoms with Crippen molar-refractivity contribution in [3.05, 3.63) is 49.6 Å². The molecule has 5 heteroatoms. The number of aromatic nitrogens is 1. The van der Waals surface area contributed by atoms with Gasteiger partial charge in [0.1, 0.15) is 0 Å². The molecule has 3 N–H and O–H groups in total. The summed E-state index contributed by atoms with van der Waals surface area (Å²) in [5.41, 5.74) is 7.22. The van der Waals surface area contributed by atoms with Crippen LogP contribution in [-0.4, -0.2) is 4.98 Å². The van der Waals surface area contributed by atoms with E-state index >= 15 is 0 Å². The zero-order valence-electron chi connectivity index (χ0n) is 9.13. The lowest BCUT2D eigenvalue weighted by molar-refractivity contribution is 1.34. The van der Waals surface area contributed by atoms with Crippen LogP contribution in [0.1, 0.15) is 0 Å². The predicted octanol–water partition coefficient (Wildman–Crippen LogP) is 3.79. The van der Waals surface area contributed by atoms with Crippen molar-refractivity contribution >= 4 is 59.2 Å². The SMILES string of the molecule is Nc1cc2c(cc1Br)[nH]c(=O)c1cc(Br)ccc12. The number of hydrogen-bond donors (Lipinski definition) is 2. The molecule has 0 radical (unpaired) electrons. The van der Waals surface area contributed by atoms with Crippen molar-refractivity contribution in [2.45, 2.75) is 0 Å². The molecule has 0 amide bonds. The van der Waals surface area contributed by atoms with Gasteiger partial charge in [-0.15, -0.1) is 0 Å². The Balaban J connectivity index is 2.60. The Morgan fingerprint density at radius 1 is 1.00 bits per heavy atom. The first-order valence-corrected chi connectivity index (χ1v) is 6.85. The van der Waals surface area contributed by atoms with Gasteiger partial charge in [0.25, 0.3) is 5.56 Å². The Kier molecular flexibility index (Phi) is 2.68. The van der Waals surface area contributed by atoms with Crippen LogP contribution >= 0.6 is 31.9 Å². The van der Waals surface area contributed by atoms with E-state index in [2.05, 4.69) is 36.8 Å². The van der Waals surface area contributed by atoms with Crippen molar-refractivity contribution in [2.24, 2.45) is 0 Å². The summed E-state index contributed by atoms with van der Waals surface area (Å²) in [6.45, 7) is 0. The van der Waals surface area contributed by atoms with Crippen LogP contribution in [0.15, 0.2) is 44.1 Å². The van der Waals surface area contributed by atoms with Crippen molar-refractivity contribution in [2.75, 3.05) is 5.73 Å². The van der Waals surface area contributed by atoms with Gasteiger partial charge < -0.3 is 10.7 Å². The van der Waals surface area contributed by atoms with Crippen LogP contribution in [-0.2, 0) is 0 Å². The average Bonchev–Trinajstić information content (AvgIpc) is 2.32. The summed E-state index contributed by atoms with van der Waals surface area (Å²) < 4.78 is 1.66. The topological polar surface area (TPSA) is 58.9 Å². The molecule has 0 bridgehead atoms. The van der Waals surface area contributed by atoms with Gasteiger partial charge in [0.15, 0.2) is 0 Å². The van der Waals surface area contributed by atoms with Crippen molar-refractivity contribution in [3.8, 4) is 0 Å². The maximum atomic E-state index is 12.0. The first-order chi connectivity index (χ1) is 8.56. The van der Waals surface area contributed by atoms with Crippen LogP contribution in [0.25, 0.3) is 21.7 Å². The van der Waals surface area contributed by atoms with E-state index < -0.39 is 0 Å². The van der Waals surface area contributed by atoms with Crippen molar-refractivity contribution in [1.29, 1.82) is 0 Å². The number of hydrogen-bond acceptors (Lipinski definition) is 2. The predicted molar refractivity (Wildman–Crippen MR) is 81.9 cm³/mol. The Bertz CT molecular complexity index is 840. The number of aromatic amines is 1. The van der Waals surface area contributed by atoms with Gasteiger partial charge in [-0.25, -0.2) is 0 Å². The van der Waals surface area contributed by atoms with E-state index in [1.54, 1.807) is 0 Å². The second kappa shape index (κ2) is 4.10. The molecule has 0 unspecified atom stereocenters. The molecule has 0 spiro atoms. The first-order valence-electron chi connectivity index (χ1n) is 5.26. The minimum atomic E-state index is -0.101. The van der Waals surface area contributed by atoms with Crippen LogP contribution < -0.4 is 11.3 Å². The zero-order valence-corrected chi connectivity index (χ0v) is 12.3. The summed E-state index contributed by atoms with van der Waals surface area (Å²) in [7, 11) is 0. The second-order valence-electron chi connectivity index (χ2n) is 4.06. The number of rotatable bonds is 0. The minimum absolute atomic E-state index is 0.101. The van der Waals surface area contributed by atoms with Crippen LogP contribution in [0.2, 0.25) is 0 Å². The molecule has 90 valence electrons. The molecule has 0 aliphatic carbocycles.